The van der Waals surface area contributed by atoms with Crippen LogP contribution in [0.1, 0.15) is 30.5 Å². The van der Waals surface area contributed by atoms with Crippen molar-refractivity contribution in [3.63, 3.8) is 0 Å². The number of imide groups is 1. The zero-order chi connectivity index (χ0) is 26.0. The fraction of sp³-hybridized carbons (Fsp3) is 0.308. The van der Waals surface area contributed by atoms with Gasteiger partial charge in [0.1, 0.15) is 17.7 Å². The number of carbonyl (C=O) groups is 3. The van der Waals surface area contributed by atoms with Crippen molar-refractivity contribution in [2.24, 2.45) is 13.0 Å². The minimum Gasteiger partial charge on any atom is -0.384 e. The van der Waals surface area contributed by atoms with Crippen LogP contribution >= 0.6 is 11.6 Å². The molecule has 10 heteroatoms. The number of nitrogen functional groups attached to an aromatic ring is 1. The molecule has 3 aromatic rings. The van der Waals surface area contributed by atoms with E-state index in [1.54, 1.807) is 54.2 Å². The molecular formula is C26H29ClN6O3. The van der Waals surface area contributed by atoms with Crippen molar-refractivity contribution in [1.29, 1.82) is 0 Å². The summed E-state index contributed by atoms with van der Waals surface area (Å²) in [7, 11) is 3.46. The Labute approximate surface area is 214 Å². The first-order chi connectivity index (χ1) is 17.2. The number of anilines is 2. The Morgan fingerprint density at radius 3 is 2.64 bits per heavy atom. The number of amides is 4. The molecule has 1 saturated heterocycles. The number of likely N-dealkylation sites (N-methyl/N-ethyl adjacent to an activating group) is 1. The molecule has 3 heterocycles. The number of urea groups is 1. The lowest BCUT2D eigenvalue weighted by molar-refractivity contribution is -0.156. The van der Waals surface area contributed by atoms with Gasteiger partial charge in [-0.2, -0.15) is 0 Å². The molecule has 188 valence electrons. The van der Waals surface area contributed by atoms with Crippen LogP contribution in [-0.2, 0) is 23.1 Å². The number of hydrogen-bond donors (Lipinski definition) is 2. The van der Waals surface area contributed by atoms with Crippen molar-refractivity contribution in [1.82, 2.24) is 19.8 Å². The number of carbonyl (C=O) groups excluding carboxylic acids is 3. The van der Waals surface area contributed by atoms with E-state index in [2.05, 4.69) is 10.3 Å². The first kappa shape index (κ1) is 25.2. The number of rotatable bonds is 7. The molecule has 0 unspecified atom stereocenters. The average molecular weight is 509 g/mol. The van der Waals surface area contributed by atoms with Gasteiger partial charge >= 0.3 is 6.03 Å². The number of hydrogen-bond acceptors (Lipinski definition) is 5. The van der Waals surface area contributed by atoms with E-state index in [0.29, 0.717) is 23.1 Å². The summed E-state index contributed by atoms with van der Waals surface area (Å²) in [6, 6.07) is 12.3. The largest absolute Gasteiger partial charge is 0.384 e. The van der Waals surface area contributed by atoms with Gasteiger partial charge in [-0.25, -0.2) is 9.78 Å². The summed E-state index contributed by atoms with van der Waals surface area (Å²) >= 11 is 6.13. The van der Waals surface area contributed by atoms with Gasteiger partial charge in [-0.15, -0.1) is 0 Å². The molecule has 0 spiro atoms. The Bertz CT molecular complexity index is 1290. The van der Waals surface area contributed by atoms with Gasteiger partial charge < -0.3 is 15.6 Å². The fourth-order valence-corrected chi connectivity index (χ4v) is 4.81. The molecule has 0 saturated carbocycles. The maximum Gasteiger partial charge on any atom is 0.325 e. The molecule has 0 bridgehead atoms. The topological polar surface area (TPSA) is 114 Å². The zero-order valence-electron chi connectivity index (χ0n) is 20.4. The van der Waals surface area contributed by atoms with Crippen molar-refractivity contribution < 1.29 is 14.4 Å². The number of benzene rings is 1. The monoisotopic (exact) mass is 508 g/mol. The Kier molecular flexibility index (Phi) is 7.30. The Morgan fingerprint density at radius 1 is 1.22 bits per heavy atom. The number of nitrogens with two attached hydrogens (primary N) is 1. The summed E-state index contributed by atoms with van der Waals surface area (Å²) in [5.41, 5.74) is 7.39. The van der Waals surface area contributed by atoms with E-state index in [0.717, 1.165) is 16.0 Å². The lowest BCUT2D eigenvalue weighted by Gasteiger charge is -2.46. The molecule has 36 heavy (non-hydrogen) atoms. The molecule has 3 N–H and O–H groups in total. The smallest absolute Gasteiger partial charge is 0.325 e. The molecule has 1 aromatic carbocycles. The van der Waals surface area contributed by atoms with Gasteiger partial charge in [-0.05, 0) is 60.4 Å². The molecule has 1 fully saturated rings. The summed E-state index contributed by atoms with van der Waals surface area (Å²) in [6.45, 7) is 1.92. The molecule has 4 amide bonds. The molecule has 1 aliphatic rings. The normalized spacial score (nSPS) is 17.9. The third-order valence-corrected chi connectivity index (χ3v) is 6.77. The minimum absolute atomic E-state index is 0.262. The molecule has 9 nitrogen and oxygen atoms in total. The summed E-state index contributed by atoms with van der Waals surface area (Å²) in [5.74, 6) is -0.502. The van der Waals surface area contributed by atoms with Gasteiger partial charge in [-0.1, -0.05) is 30.7 Å². The van der Waals surface area contributed by atoms with Crippen LogP contribution in [0.15, 0.2) is 60.9 Å². The molecule has 0 radical (unpaired) electrons. The van der Waals surface area contributed by atoms with E-state index < -0.39 is 23.9 Å². The van der Waals surface area contributed by atoms with E-state index in [1.165, 1.54) is 4.90 Å². The predicted molar refractivity (Wildman–Crippen MR) is 138 cm³/mol. The number of aromatic nitrogens is 2. The van der Waals surface area contributed by atoms with Crippen LogP contribution < -0.4 is 16.0 Å². The van der Waals surface area contributed by atoms with Crippen LogP contribution in [0.4, 0.5) is 16.4 Å². The number of pyridine rings is 1. The Balaban J connectivity index is 1.61. The van der Waals surface area contributed by atoms with E-state index in [4.69, 9.17) is 17.3 Å². The highest BCUT2D eigenvalue weighted by Crippen LogP contribution is 2.33. The summed E-state index contributed by atoms with van der Waals surface area (Å²) in [5, 5.41) is 3.46. The molecule has 0 aliphatic carbocycles. The third kappa shape index (κ3) is 4.92. The van der Waals surface area contributed by atoms with Crippen LogP contribution in [-0.4, -0.2) is 45.4 Å². The van der Waals surface area contributed by atoms with Crippen molar-refractivity contribution in [3.05, 3.63) is 77.1 Å². The molecule has 2 aromatic heterocycles. The summed E-state index contributed by atoms with van der Waals surface area (Å²) in [6.07, 6.45) is 4.22. The second-order valence-corrected chi connectivity index (χ2v) is 9.33. The van der Waals surface area contributed by atoms with Crippen LogP contribution in [0.2, 0.25) is 5.02 Å². The number of β-lactam (4-membered cyclic amide) rings is 1. The number of nitrogens with zero attached hydrogens (tertiary/aromatic N) is 4. The van der Waals surface area contributed by atoms with Crippen molar-refractivity contribution >= 4 is 41.1 Å². The fourth-order valence-electron chi connectivity index (χ4n) is 4.61. The second kappa shape index (κ2) is 10.4. The quantitative estimate of drug-likeness (QED) is 0.474. The van der Waals surface area contributed by atoms with Gasteiger partial charge in [-0.3, -0.25) is 19.4 Å². The number of halogens is 1. The van der Waals surface area contributed by atoms with Gasteiger partial charge in [0.25, 0.3) is 5.91 Å². The van der Waals surface area contributed by atoms with Crippen molar-refractivity contribution in [2.75, 3.05) is 17.7 Å². The maximum absolute atomic E-state index is 13.7. The number of aryl methyl sites for hydroxylation is 1. The van der Waals surface area contributed by atoms with Crippen LogP contribution in [0.25, 0.3) is 0 Å². The van der Waals surface area contributed by atoms with Crippen LogP contribution in [0.3, 0.4) is 0 Å². The average Bonchev–Trinajstić information content (AvgIpc) is 3.28. The van der Waals surface area contributed by atoms with Crippen LogP contribution in [0, 0.1) is 5.92 Å². The zero-order valence-corrected chi connectivity index (χ0v) is 21.1. The van der Waals surface area contributed by atoms with E-state index in [-0.39, 0.29) is 18.4 Å². The SMILES string of the molecule is CC[C@@H](NC(=O)N1C(=O)[C@H](Cc2ccnc(N)c2)[C@H]1C(=O)N(C)c1cccn1C)c1cccc(Cl)c1. The lowest BCUT2D eigenvalue weighted by Crippen LogP contribution is -2.70. The van der Waals surface area contributed by atoms with E-state index in [1.807, 2.05) is 32.3 Å². The van der Waals surface area contributed by atoms with E-state index in [9.17, 15) is 14.4 Å². The molecule has 3 atom stereocenters. The van der Waals surface area contributed by atoms with Crippen molar-refractivity contribution in [3.8, 4) is 0 Å². The van der Waals surface area contributed by atoms with Gasteiger partial charge in [0, 0.05) is 31.5 Å². The Hall–Kier alpha value is -3.85. The van der Waals surface area contributed by atoms with E-state index >= 15 is 0 Å². The minimum atomic E-state index is -0.969. The summed E-state index contributed by atoms with van der Waals surface area (Å²) in [4.78, 5) is 46.8. The Morgan fingerprint density at radius 2 is 2.00 bits per heavy atom. The van der Waals surface area contributed by atoms with Gasteiger partial charge in [0.05, 0.1) is 12.0 Å². The highest BCUT2D eigenvalue weighted by Gasteiger charge is 2.55. The first-order valence-corrected chi connectivity index (χ1v) is 12.1. The van der Waals surface area contributed by atoms with Crippen LogP contribution in [0.5, 0.6) is 0 Å². The first-order valence-electron chi connectivity index (χ1n) is 11.7. The van der Waals surface area contributed by atoms with Gasteiger partial charge in [0.2, 0.25) is 5.91 Å². The molecular weight excluding hydrogens is 480 g/mol. The maximum atomic E-state index is 13.7. The third-order valence-electron chi connectivity index (χ3n) is 6.53. The van der Waals surface area contributed by atoms with Crippen molar-refractivity contribution in [2.45, 2.75) is 31.8 Å². The number of likely N-dealkylation sites (tertiary alicyclic amines) is 1. The molecule has 4 rings (SSSR count). The highest BCUT2D eigenvalue weighted by molar-refractivity contribution is 6.30. The standard InChI is InChI=1S/C26H29ClN6O3/c1-4-20(17-7-5-8-18(27)15-17)30-26(36)33-23(25(35)32(3)22-9-6-12-31(22)2)19(24(33)34)13-16-10-11-29-21(28)14-16/h5-12,14-15,19-20,23H,4,13H2,1-3H3,(H2,28,29)(H,30,36)/t19-,20-,23+/m1/s1. The summed E-state index contributed by atoms with van der Waals surface area (Å²) < 4.78 is 1.80. The number of nitrogens with one attached hydrogen (secondary N) is 1. The highest BCUT2D eigenvalue weighted by atomic mass is 35.5. The van der Waals surface area contributed by atoms with Gasteiger partial charge in [0.15, 0.2) is 0 Å². The lowest BCUT2D eigenvalue weighted by atomic mass is 9.81. The second-order valence-electron chi connectivity index (χ2n) is 8.89. The predicted octanol–water partition coefficient (Wildman–Crippen LogP) is 3.55. The molecule has 1 aliphatic heterocycles.